The molecule has 0 radical (unpaired) electrons. The third-order valence-corrected chi connectivity index (χ3v) is 6.82. The van der Waals surface area contributed by atoms with Crippen molar-refractivity contribution in [3.05, 3.63) is 72.9 Å². The van der Waals surface area contributed by atoms with Crippen molar-refractivity contribution in [1.82, 2.24) is 0 Å². The highest BCUT2D eigenvalue weighted by atomic mass is 31.2. The SMILES string of the molecule is CC/C=C/C=C/C=C/C=C/CCCCCC(=O)OC(COC(=O)CC/C=C/C/C=C/CC)COP(=O)(O)OCC[N+](C)(C)C. The van der Waals surface area contributed by atoms with Gasteiger partial charge >= 0.3 is 19.8 Å². The molecular weight excluding hydrogens is 581 g/mol. The van der Waals surface area contributed by atoms with Gasteiger partial charge in [0.1, 0.15) is 19.8 Å². The summed E-state index contributed by atoms with van der Waals surface area (Å²) in [6.07, 6.45) is 30.1. The number of phosphoric ester groups is 1. The number of carbonyl (C=O) groups excluding carboxylic acids is 2. The van der Waals surface area contributed by atoms with Crippen LogP contribution in [0.25, 0.3) is 0 Å². The summed E-state index contributed by atoms with van der Waals surface area (Å²) >= 11 is 0. The van der Waals surface area contributed by atoms with E-state index < -0.39 is 32.5 Å². The van der Waals surface area contributed by atoms with Crippen LogP contribution in [0.15, 0.2) is 72.9 Å². The van der Waals surface area contributed by atoms with Gasteiger partial charge in [-0.2, -0.15) is 0 Å². The monoisotopic (exact) mass is 638 g/mol. The first-order chi connectivity index (χ1) is 21.0. The molecule has 0 aliphatic heterocycles. The lowest BCUT2D eigenvalue weighted by Gasteiger charge is -2.24. The van der Waals surface area contributed by atoms with Crippen LogP contribution < -0.4 is 0 Å². The van der Waals surface area contributed by atoms with E-state index in [0.29, 0.717) is 23.9 Å². The molecule has 2 unspecified atom stereocenters. The fraction of sp³-hybridized carbons (Fsp3) is 0.588. The molecule has 0 amide bonds. The molecule has 9 nitrogen and oxygen atoms in total. The summed E-state index contributed by atoms with van der Waals surface area (Å²) in [5.74, 6) is -0.947. The van der Waals surface area contributed by atoms with Crippen LogP contribution in [0.5, 0.6) is 0 Å². The highest BCUT2D eigenvalue weighted by molar-refractivity contribution is 7.47. The zero-order chi connectivity index (χ0) is 32.9. The normalized spacial score (nSPS) is 15.0. The molecule has 0 fully saturated rings. The Morgan fingerprint density at radius 3 is 2.07 bits per heavy atom. The number of nitrogens with zero attached hydrogens (tertiary/aromatic N) is 1. The van der Waals surface area contributed by atoms with Crippen LogP contribution in [0.2, 0.25) is 0 Å². The minimum absolute atomic E-state index is 0.0115. The highest BCUT2D eigenvalue weighted by Crippen LogP contribution is 2.43. The van der Waals surface area contributed by atoms with Crippen molar-refractivity contribution in [3.8, 4) is 0 Å². The van der Waals surface area contributed by atoms with Crippen molar-refractivity contribution in [2.45, 2.75) is 84.2 Å². The van der Waals surface area contributed by atoms with Crippen molar-refractivity contribution >= 4 is 19.8 Å². The Balaban J connectivity index is 4.68. The van der Waals surface area contributed by atoms with E-state index in [4.69, 9.17) is 18.5 Å². The van der Waals surface area contributed by atoms with Crippen molar-refractivity contribution in [2.24, 2.45) is 0 Å². The van der Waals surface area contributed by atoms with Crippen molar-refractivity contribution in [1.29, 1.82) is 0 Å². The standard InChI is InChI=1S/C34H56NO8P/c1-6-8-10-12-14-15-16-17-18-19-21-23-25-27-34(37)43-32(31-42-44(38,39)41-29-28-35(3,4)5)30-40-33(36)26-24-22-20-13-11-9-7-2/h8-12,14-18,20,22,32H,6-7,13,19,21,23-31H2,1-5H3/p+1/b10-8+,11-9+,14-12+,16-15+,18-17+,22-20+. The van der Waals surface area contributed by atoms with Crippen LogP contribution in [-0.4, -0.2) is 74.9 Å². The first kappa shape index (κ1) is 41.4. The third kappa shape index (κ3) is 29.5. The van der Waals surface area contributed by atoms with Crippen molar-refractivity contribution < 1.29 is 42.1 Å². The van der Waals surface area contributed by atoms with E-state index in [2.05, 4.69) is 38.2 Å². The van der Waals surface area contributed by atoms with Gasteiger partial charge in [0.05, 0.1) is 27.7 Å². The van der Waals surface area contributed by atoms with Crippen molar-refractivity contribution in [2.75, 3.05) is 47.5 Å². The molecule has 0 saturated carbocycles. The number of esters is 2. The molecular formula is C34H57NO8P+. The molecule has 0 bridgehead atoms. The number of phosphoric acid groups is 1. The second-order valence-electron chi connectivity index (χ2n) is 11.2. The van der Waals surface area contributed by atoms with Gasteiger partial charge in [-0.25, -0.2) is 4.57 Å². The molecule has 250 valence electrons. The summed E-state index contributed by atoms with van der Waals surface area (Å²) < 4.78 is 33.7. The number of rotatable bonds is 26. The Bertz CT molecular complexity index is 992. The van der Waals surface area contributed by atoms with E-state index in [0.717, 1.165) is 38.5 Å². The van der Waals surface area contributed by atoms with Crippen LogP contribution in [0.1, 0.15) is 78.1 Å². The maximum absolute atomic E-state index is 12.5. The van der Waals surface area contributed by atoms with Crippen LogP contribution in [-0.2, 0) is 32.7 Å². The molecule has 2 atom stereocenters. The second-order valence-corrected chi connectivity index (χ2v) is 12.6. The quantitative estimate of drug-likeness (QED) is 0.0258. The Kier molecular flexibility index (Phi) is 25.3. The van der Waals surface area contributed by atoms with Crippen molar-refractivity contribution in [3.63, 3.8) is 0 Å². The van der Waals surface area contributed by atoms with Gasteiger partial charge in [-0.3, -0.25) is 18.6 Å². The molecule has 0 aromatic heterocycles. The lowest BCUT2D eigenvalue weighted by Crippen LogP contribution is -2.37. The molecule has 1 N–H and O–H groups in total. The van der Waals surface area contributed by atoms with E-state index >= 15 is 0 Å². The number of quaternary nitrogens is 1. The predicted octanol–water partition coefficient (Wildman–Crippen LogP) is 7.56. The summed E-state index contributed by atoms with van der Waals surface area (Å²) in [4.78, 5) is 34.8. The molecule has 0 heterocycles. The summed E-state index contributed by atoms with van der Waals surface area (Å²) in [5, 5.41) is 0. The zero-order valence-corrected chi connectivity index (χ0v) is 28.5. The molecule has 0 spiro atoms. The van der Waals surface area contributed by atoms with Gasteiger partial charge in [-0.05, 0) is 44.9 Å². The molecule has 0 aromatic rings. The largest absolute Gasteiger partial charge is 0.472 e. The number of ether oxygens (including phenoxy) is 2. The van der Waals surface area contributed by atoms with Gasteiger partial charge in [0, 0.05) is 12.8 Å². The molecule has 44 heavy (non-hydrogen) atoms. The maximum atomic E-state index is 12.5. The third-order valence-electron chi connectivity index (χ3n) is 5.84. The molecule has 0 aromatic carbocycles. The number of hydrogen-bond acceptors (Lipinski definition) is 7. The summed E-state index contributed by atoms with van der Waals surface area (Å²) in [6, 6.07) is 0. The molecule has 0 aliphatic carbocycles. The number of unbranched alkanes of at least 4 members (excludes halogenated alkanes) is 3. The van der Waals surface area contributed by atoms with Crippen LogP contribution >= 0.6 is 7.82 Å². The lowest BCUT2D eigenvalue weighted by molar-refractivity contribution is -0.870. The predicted molar refractivity (Wildman–Crippen MR) is 178 cm³/mol. The van der Waals surface area contributed by atoms with Gasteiger partial charge in [-0.1, -0.05) is 93.2 Å². The smallest absolute Gasteiger partial charge is 0.462 e. The summed E-state index contributed by atoms with van der Waals surface area (Å²) in [7, 11) is 1.40. The Morgan fingerprint density at radius 1 is 0.727 bits per heavy atom. The average molecular weight is 639 g/mol. The number of carbonyl (C=O) groups is 2. The number of allylic oxidation sites excluding steroid dienone is 12. The fourth-order valence-corrected chi connectivity index (χ4v) is 4.12. The second kappa shape index (κ2) is 26.8. The molecule has 0 aliphatic rings. The zero-order valence-electron chi connectivity index (χ0n) is 27.6. The van der Waals surface area contributed by atoms with E-state index in [1.807, 2.05) is 69.8 Å². The van der Waals surface area contributed by atoms with Crippen LogP contribution in [0.4, 0.5) is 0 Å². The van der Waals surface area contributed by atoms with E-state index in [-0.39, 0.29) is 26.1 Å². The topological polar surface area (TPSA) is 108 Å². The van der Waals surface area contributed by atoms with Gasteiger partial charge < -0.3 is 18.9 Å². The average Bonchev–Trinajstić information content (AvgIpc) is 2.95. The maximum Gasteiger partial charge on any atom is 0.472 e. The Hall–Kier alpha value is -2.55. The highest BCUT2D eigenvalue weighted by Gasteiger charge is 2.27. The fourth-order valence-electron chi connectivity index (χ4n) is 3.37. The van der Waals surface area contributed by atoms with Gasteiger partial charge in [0.25, 0.3) is 0 Å². The molecule has 0 saturated heterocycles. The Morgan fingerprint density at radius 2 is 1.39 bits per heavy atom. The number of likely N-dealkylation sites (N-methyl/N-ethyl adjacent to an activating group) is 1. The van der Waals surface area contributed by atoms with Crippen LogP contribution in [0.3, 0.4) is 0 Å². The van der Waals surface area contributed by atoms with Crippen LogP contribution in [0, 0.1) is 0 Å². The first-order valence-electron chi connectivity index (χ1n) is 15.7. The van der Waals surface area contributed by atoms with E-state index in [1.54, 1.807) is 0 Å². The van der Waals surface area contributed by atoms with E-state index in [1.165, 1.54) is 0 Å². The lowest BCUT2D eigenvalue weighted by atomic mass is 10.1. The summed E-state index contributed by atoms with van der Waals surface area (Å²) in [6.45, 7) is 3.94. The van der Waals surface area contributed by atoms with Gasteiger partial charge in [-0.15, -0.1) is 0 Å². The number of hydrogen-bond donors (Lipinski definition) is 1. The Labute approximate surface area is 266 Å². The molecule has 0 rings (SSSR count). The minimum Gasteiger partial charge on any atom is -0.462 e. The minimum atomic E-state index is -4.38. The summed E-state index contributed by atoms with van der Waals surface area (Å²) in [5.41, 5.74) is 0. The van der Waals surface area contributed by atoms with Gasteiger partial charge in [0.15, 0.2) is 6.10 Å². The first-order valence-corrected chi connectivity index (χ1v) is 17.2. The molecule has 10 heteroatoms. The van der Waals surface area contributed by atoms with Gasteiger partial charge in [0.2, 0.25) is 0 Å². The van der Waals surface area contributed by atoms with E-state index in [9.17, 15) is 19.0 Å².